The van der Waals surface area contributed by atoms with Crippen molar-refractivity contribution >= 4 is 30.0 Å². The summed E-state index contributed by atoms with van der Waals surface area (Å²) in [5.41, 5.74) is 3.20. The van der Waals surface area contributed by atoms with Crippen LogP contribution in [0.5, 0.6) is 0 Å². The van der Waals surface area contributed by atoms with Gasteiger partial charge in [-0.15, -0.1) is 0 Å². The first kappa shape index (κ1) is 34.5. The predicted molar refractivity (Wildman–Crippen MR) is 167 cm³/mol. The highest BCUT2D eigenvalue weighted by molar-refractivity contribution is 6.01. The molecule has 0 unspecified atom stereocenters. The van der Waals surface area contributed by atoms with E-state index in [4.69, 9.17) is 4.52 Å². The van der Waals surface area contributed by atoms with E-state index < -0.39 is 30.0 Å². The van der Waals surface area contributed by atoms with Crippen molar-refractivity contribution < 1.29 is 28.8 Å². The van der Waals surface area contributed by atoms with Gasteiger partial charge in [-0.2, -0.15) is 5.26 Å². The number of nitriles is 1. The van der Waals surface area contributed by atoms with Crippen LogP contribution in [-0.4, -0.2) is 84.4 Å². The van der Waals surface area contributed by atoms with Crippen molar-refractivity contribution in [1.82, 2.24) is 26.0 Å². The van der Waals surface area contributed by atoms with Crippen molar-refractivity contribution in [3.63, 3.8) is 0 Å². The summed E-state index contributed by atoms with van der Waals surface area (Å²) in [5, 5.41) is 32.5. The van der Waals surface area contributed by atoms with Crippen molar-refractivity contribution in [1.29, 1.82) is 5.26 Å². The Morgan fingerprint density at radius 3 is 2.33 bits per heavy atom. The number of aldehydes is 1. The number of carbonyl (C=O) groups is 4. The Balaban J connectivity index is 1.72. The molecular formula is C33H38N6O6. The highest BCUT2D eigenvalue weighted by Gasteiger charge is 2.25. The number of hydrogen-bond donors (Lipinski definition) is 4. The molecule has 0 fully saturated rings. The second-order valence-electron chi connectivity index (χ2n) is 10.9. The average Bonchev–Trinajstić information content (AvgIpc) is 3.48. The Kier molecular flexibility index (Phi) is 12.9. The first-order valence-corrected chi connectivity index (χ1v) is 14.3. The van der Waals surface area contributed by atoms with E-state index in [9.17, 15) is 29.5 Å². The number of ketones is 1. The van der Waals surface area contributed by atoms with Crippen LogP contribution in [-0.2, 0) is 16.1 Å². The lowest BCUT2D eigenvalue weighted by Gasteiger charge is -2.25. The van der Waals surface area contributed by atoms with Gasteiger partial charge in [0.15, 0.2) is 17.8 Å². The van der Waals surface area contributed by atoms with Gasteiger partial charge in [-0.25, -0.2) is 0 Å². The predicted octanol–water partition coefficient (Wildman–Crippen LogP) is 1.97. The van der Waals surface area contributed by atoms with Gasteiger partial charge in [0.25, 0.3) is 11.8 Å². The monoisotopic (exact) mass is 614 g/mol. The number of carbonyl (C=O) groups excluding carboxylic acids is 4. The van der Waals surface area contributed by atoms with E-state index in [-0.39, 0.29) is 30.0 Å². The number of nitrogens with one attached hydrogen (secondary N) is 3. The molecular weight excluding hydrogens is 576 g/mol. The molecule has 0 aliphatic heterocycles. The third kappa shape index (κ3) is 10.6. The molecule has 0 spiro atoms. The number of rotatable bonds is 16. The smallest absolute Gasteiger partial charge is 0.273 e. The van der Waals surface area contributed by atoms with E-state index in [1.54, 1.807) is 45.3 Å². The lowest BCUT2D eigenvalue weighted by atomic mass is 10.0. The lowest BCUT2D eigenvalue weighted by molar-refractivity contribution is -0.124. The van der Waals surface area contributed by atoms with Crippen molar-refractivity contribution in [2.24, 2.45) is 0 Å². The van der Waals surface area contributed by atoms with E-state index in [2.05, 4.69) is 21.1 Å². The van der Waals surface area contributed by atoms with Crippen LogP contribution in [0.4, 0.5) is 0 Å². The SMILES string of the molecule is Cc1ccc(CNC[C@H](CC(=O)c2ccc(C=C(C#N)C(=O)N(C)C)cc2)NC[C@H](NC(=O)c2cc(C)on2)[C@@H](O)C=O)cc1. The van der Waals surface area contributed by atoms with Crippen molar-refractivity contribution in [2.45, 2.75) is 45.0 Å². The van der Waals surface area contributed by atoms with E-state index >= 15 is 0 Å². The molecule has 12 heteroatoms. The largest absolute Gasteiger partial charge is 0.383 e. The van der Waals surface area contributed by atoms with Gasteiger partial charge in [-0.1, -0.05) is 59.3 Å². The molecule has 236 valence electrons. The zero-order chi connectivity index (χ0) is 32.9. The van der Waals surface area contributed by atoms with Gasteiger partial charge in [0, 0.05) is 57.8 Å². The average molecular weight is 615 g/mol. The Labute approximate surface area is 262 Å². The molecule has 0 saturated carbocycles. The molecule has 45 heavy (non-hydrogen) atoms. The number of aliphatic hydroxyl groups excluding tert-OH is 1. The van der Waals surface area contributed by atoms with Crippen LogP contribution in [0.3, 0.4) is 0 Å². The maximum absolute atomic E-state index is 13.3. The molecule has 0 bridgehead atoms. The van der Waals surface area contributed by atoms with Crippen LogP contribution >= 0.6 is 0 Å². The number of amides is 2. The zero-order valence-electron chi connectivity index (χ0n) is 25.7. The summed E-state index contributed by atoms with van der Waals surface area (Å²) >= 11 is 0. The summed E-state index contributed by atoms with van der Waals surface area (Å²) < 4.78 is 4.94. The van der Waals surface area contributed by atoms with Gasteiger partial charge in [-0.3, -0.25) is 14.4 Å². The maximum atomic E-state index is 13.3. The minimum absolute atomic E-state index is 0.00774. The third-order valence-electron chi connectivity index (χ3n) is 6.93. The zero-order valence-corrected chi connectivity index (χ0v) is 25.7. The van der Waals surface area contributed by atoms with Crippen LogP contribution in [0, 0.1) is 25.2 Å². The Morgan fingerprint density at radius 1 is 1.07 bits per heavy atom. The number of hydrogen-bond acceptors (Lipinski definition) is 10. The Morgan fingerprint density at radius 2 is 1.76 bits per heavy atom. The lowest BCUT2D eigenvalue weighted by Crippen LogP contribution is -2.53. The van der Waals surface area contributed by atoms with E-state index in [0.29, 0.717) is 36.3 Å². The van der Waals surface area contributed by atoms with Gasteiger partial charge in [0.05, 0.1) is 6.04 Å². The fraction of sp³-hybridized carbons (Fsp3) is 0.333. The Hall–Kier alpha value is -4.96. The normalized spacial score (nSPS) is 13.3. The first-order valence-electron chi connectivity index (χ1n) is 14.3. The summed E-state index contributed by atoms with van der Waals surface area (Å²) in [7, 11) is 3.12. The summed E-state index contributed by atoms with van der Waals surface area (Å²) in [6, 6.07) is 16.5. The quantitative estimate of drug-likeness (QED) is 0.0807. The number of benzene rings is 2. The molecule has 3 aromatic rings. The molecule has 0 aliphatic carbocycles. The van der Waals surface area contributed by atoms with Crippen LogP contribution in [0.2, 0.25) is 0 Å². The maximum Gasteiger partial charge on any atom is 0.273 e. The summed E-state index contributed by atoms with van der Waals surface area (Å²) in [6.07, 6.45) is 0.336. The molecule has 0 aliphatic rings. The molecule has 0 saturated heterocycles. The molecule has 2 amide bonds. The molecule has 0 radical (unpaired) electrons. The molecule has 2 aromatic carbocycles. The fourth-order valence-corrected chi connectivity index (χ4v) is 4.33. The molecule has 3 rings (SSSR count). The first-order chi connectivity index (χ1) is 21.5. The van der Waals surface area contributed by atoms with Crippen molar-refractivity contribution in [2.75, 3.05) is 27.2 Å². The van der Waals surface area contributed by atoms with Crippen LogP contribution in [0.15, 0.2) is 64.7 Å². The third-order valence-corrected chi connectivity index (χ3v) is 6.93. The highest BCUT2D eigenvalue weighted by Crippen LogP contribution is 2.13. The van der Waals surface area contributed by atoms with Crippen LogP contribution in [0.1, 0.15) is 49.7 Å². The number of aryl methyl sites for hydroxylation is 2. The second kappa shape index (κ2) is 16.8. The number of nitrogens with zero attached hydrogens (tertiary/aromatic N) is 3. The number of Topliss-reactive ketones (excluding diaryl/α,β-unsaturated/α-hetero) is 1. The molecule has 12 nitrogen and oxygen atoms in total. The number of aliphatic hydroxyl groups is 1. The van der Waals surface area contributed by atoms with Crippen LogP contribution < -0.4 is 16.0 Å². The topological polar surface area (TPSA) is 178 Å². The standard InChI is InChI=1S/C33H38N6O6/c1-21-5-7-24(8-6-21)17-35-18-27(36-19-29(31(42)20-40)37-32(43)28-13-22(2)45-38-28)15-30(41)25-11-9-23(10-12-25)14-26(16-34)33(44)39(3)4/h5-14,20,27,29,31,35-36,42H,15,17-19H2,1-4H3,(H,37,43)/t27-,29-,31-/m0/s1. The summed E-state index contributed by atoms with van der Waals surface area (Å²) in [4.78, 5) is 50.9. The van der Waals surface area contributed by atoms with Crippen molar-refractivity contribution in [3.05, 3.63) is 93.9 Å². The van der Waals surface area contributed by atoms with E-state index in [1.807, 2.05) is 37.3 Å². The van der Waals surface area contributed by atoms with E-state index in [0.717, 1.165) is 11.1 Å². The van der Waals surface area contributed by atoms with Gasteiger partial charge >= 0.3 is 0 Å². The minimum atomic E-state index is -1.51. The minimum Gasteiger partial charge on any atom is -0.383 e. The number of likely N-dealkylation sites (N-methyl/N-ethyl adjacent to an activating group) is 1. The van der Waals surface area contributed by atoms with Crippen LogP contribution in [0.25, 0.3) is 6.08 Å². The van der Waals surface area contributed by atoms with Gasteiger partial charge in [0.2, 0.25) is 0 Å². The molecule has 4 N–H and O–H groups in total. The fourth-order valence-electron chi connectivity index (χ4n) is 4.33. The van der Waals surface area contributed by atoms with Gasteiger partial charge in [0.1, 0.15) is 23.5 Å². The number of aromatic nitrogens is 1. The molecule has 1 heterocycles. The molecule has 1 aromatic heterocycles. The summed E-state index contributed by atoms with van der Waals surface area (Å²) in [6.45, 7) is 4.52. The highest BCUT2D eigenvalue weighted by atomic mass is 16.5. The summed E-state index contributed by atoms with van der Waals surface area (Å²) in [5.74, 6) is -0.791. The van der Waals surface area contributed by atoms with E-state index in [1.165, 1.54) is 17.0 Å². The van der Waals surface area contributed by atoms with Gasteiger partial charge < -0.3 is 35.3 Å². The second-order valence-corrected chi connectivity index (χ2v) is 10.9. The Bertz CT molecular complexity index is 1540. The van der Waals surface area contributed by atoms with Crippen molar-refractivity contribution in [3.8, 4) is 6.07 Å². The van der Waals surface area contributed by atoms with Gasteiger partial charge in [-0.05, 0) is 31.1 Å². The molecule has 3 atom stereocenters.